The van der Waals surface area contributed by atoms with E-state index in [9.17, 15) is 4.79 Å². The molecule has 7 nitrogen and oxygen atoms in total. The van der Waals surface area contributed by atoms with E-state index in [1.165, 1.54) is 0 Å². The zero-order chi connectivity index (χ0) is 17.8. The molecular formula is C19H18N6O. The summed E-state index contributed by atoms with van der Waals surface area (Å²) in [4.78, 5) is 31.3. The van der Waals surface area contributed by atoms with Gasteiger partial charge in [0.1, 0.15) is 5.82 Å². The lowest BCUT2D eigenvalue weighted by atomic mass is 10.2. The molecule has 1 amide bonds. The first-order chi connectivity index (χ1) is 12.8. The Morgan fingerprint density at radius 3 is 2.81 bits per heavy atom. The summed E-state index contributed by atoms with van der Waals surface area (Å²) >= 11 is 0. The van der Waals surface area contributed by atoms with Gasteiger partial charge in [-0.05, 0) is 23.8 Å². The number of amides is 1. The molecule has 130 valence electrons. The highest BCUT2D eigenvalue weighted by molar-refractivity contribution is 5.98. The van der Waals surface area contributed by atoms with Crippen LogP contribution in [0, 0.1) is 0 Å². The summed E-state index contributed by atoms with van der Waals surface area (Å²) in [6.45, 7) is 1.77. The van der Waals surface area contributed by atoms with Crippen LogP contribution in [0.1, 0.15) is 27.3 Å². The number of nitrogens with one attached hydrogen (secondary N) is 1. The van der Waals surface area contributed by atoms with Crippen molar-refractivity contribution in [2.45, 2.75) is 19.5 Å². The largest absolute Gasteiger partial charge is 0.366 e. The molecule has 0 bridgehead atoms. The summed E-state index contributed by atoms with van der Waals surface area (Å²) in [6.07, 6.45) is 9.28. The molecule has 4 heterocycles. The SMILES string of the molecule is O=C1c2ccc(NCc3cccnc3)nc2CN1CCc1cnccn1. The van der Waals surface area contributed by atoms with E-state index in [2.05, 4.69) is 25.3 Å². The van der Waals surface area contributed by atoms with Crippen molar-refractivity contribution in [3.8, 4) is 0 Å². The number of aromatic nitrogens is 4. The van der Waals surface area contributed by atoms with Crippen LogP contribution in [0.25, 0.3) is 0 Å². The highest BCUT2D eigenvalue weighted by Crippen LogP contribution is 2.23. The number of hydrogen-bond donors (Lipinski definition) is 1. The van der Waals surface area contributed by atoms with Crippen molar-refractivity contribution in [2.24, 2.45) is 0 Å². The molecule has 7 heteroatoms. The molecule has 1 aliphatic heterocycles. The van der Waals surface area contributed by atoms with E-state index in [0.717, 1.165) is 22.8 Å². The number of rotatable bonds is 6. The van der Waals surface area contributed by atoms with Crippen molar-refractivity contribution in [2.75, 3.05) is 11.9 Å². The van der Waals surface area contributed by atoms with Gasteiger partial charge in [0.15, 0.2) is 0 Å². The summed E-state index contributed by atoms with van der Waals surface area (Å²) < 4.78 is 0. The minimum Gasteiger partial charge on any atom is -0.366 e. The fourth-order valence-corrected chi connectivity index (χ4v) is 2.92. The second-order valence-electron chi connectivity index (χ2n) is 6.08. The summed E-state index contributed by atoms with van der Waals surface area (Å²) in [5.41, 5.74) is 3.45. The van der Waals surface area contributed by atoms with Gasteiger partial charge in [0.05, 0.1) is 23.5 Å². The molecule has 0 saturated carbocycles. The summed E-state index contributed by atoms with van der Waals surface area (Å²) in [5.74, 6) is 0.784. The lowest BCUT2D eigenvalue weighted by Crippen LogP contribution is -2.26. The zero-order valence-electron chi connectivity index (χ0n) is 14.2. The molecule has 1 aliphatic rings. The average Bonchev–Trinajstić information content (AvgIpc) is 3.01. The minimum absolute atomic E-state index is 0.0233. The van der Waals surface area contributed by atoms with Crippen LogP contribution < -0.4 is 5.32 Å². The topological polar surface area (TPSA) is 83.9 Å². The Balaban J connectivity index is 1.39. The first-order valence-corrected chi connectivity index (χ1v) is 8.46. The first kappa shape index (κ1) is 16.1. The van der Waals surface area contributed by atoms with Gasteiger partial charge < -0.3 is 10.2 Å². The van der Waals surface area contributed by atoms with E-state index in [1.54, 1.807) is 29.7 Å². The number of pyridine rings is 2. The number of carbonyl (C=O) groups excluding carboxylic acids is 1. The molecule has 0 atom stereocenters. The highest BCUT2D eigenvalue weighted by atomic mass is 16.2. The van der Waals surface area contributed by atoms with Crippen molar-refractivity contribution >= 4 is 11.7 Å². The van der Waals surface area contributed by atoms with E-state index in [-0.39, 0.29) is 5.91 Å². The normalized spacial score (nSPS) is 12.9. The monoisotopic (exact) mass is 346 g/mol. The van der Waals surface area contributed by atoms with Gasteiger partial charge in [0, 0.05) is 50.5 Å². The van der Waals surface area contributed by atoms with Gasteiger partial charge in [-0.1, -0.05) is 6.07 Å². The van der Waals surface area contributed by atoms with Crippen LogP contribution in [0.2, 0.25) is 0 Å². The van der Waals surface area contributed by atoms with Crippen LogP contribution >= 0.6 is 0 Å². The molecule has 3 aromatic rings. The Kier molecular flexibility index (Phi) is 4.51. The number of carbonyl (C=O) groups is 1. The smallest absolute Gasteiger partial charge is 0.256 e. The maximum absolute atomic E-state index is 12.5. The van der Waals surface area contributed by atoms with Gasteiger partial charge in [0.2, 0.25) is 0 Å². The molecule has 1 N–H and O–H groups in total. The molecule has 0 aliphatic carbocycles. The van der Waals surface area contributed by atoms with E-state index in [4.69, 9.17) is 0 Å². The van der Waals surface area contributed by atoms with Gasteiger partial charge in [-0.25, -0.2) is 4.98 Å². The fraction of sp³-hybridized carbons (Fsp3) is 0.211. The van der Waals surface area contributed by atoms with Gasteiger partial charge in [-0.3, -0.25) is 19.7 Å². The summed E-state index contributed by atoms with van der Waals surface area (Å²) in [6, 6.07) is 7.60. The summed E-state index contributed by atoms with van der Waals surface area (Å²) in [7, 11) is 0. The molecule has 0 radical (unpaired) electrons. The maximum Gasteiger partial charge on any atom is 0.256 e. The zero-order valence-corrected chi connectivity index (χ0v) is 14.2. The quantitative estimate of drug-likeness (QED) is 0.736. The predicted molar refractivity (Wildman–Crippen MR) is 96.3 cm³/mol. The van der Waals surface area contributed by atoms with Crippen LogP contribution in [0.5, 0.6) is 0 Å². The van der Waals surface area contributed by atoms with E-state index >= 15 is 0 Å². The molecule has 0 fully saturated rings. The van der Waals surface area contributed by atoms with Crippen LogP contribution in [-0.4, -0.2) is 37.3 Å². The summed E-state index contributed by atoms with van der Waals surface area (Å²) in [5, 5.41) is 3.28. The second kappa shape index (κ2) is 7.26. The molecule has 4 rings (SSSR count). The lowest BCUT2D eigenvalue weighted by Gasteiger charge is -2.14. The van der Waals surface area contributed by atoms with Crippen LogP contribution in [0.15, 0.2) is 55.2 Å². The molecule has 0 saturated heterocycles. The molecule has 0 aromatic carbocycles. The molecule has 3 aromatic heterocycles. The van der Waals surface area contributed by atoms with E-state index in [1.807, 2.05) is 30.5 Å². The third-order valence-electron chi connectivity index (χ3n) is 4.28. The molecule has 0 spiro atoms. The van der Waals surface area contributed by atoms with Gasteiger partial charge in [-0.15, -0.1) is 0 Å². The Morgan fingerprint density at radius 2 is 2.00 bits per heavy atom. The lowest BCUT2D eigenvalue weighted by molar-refractivity contribution is 0.0779. The van der Waals surface area contributed by atoms with E-state index in [0.29, 0.717) is 31.6 Å². The van der Waals surface area contributed by atoms with Crippen molar-refractivity contribution in [3.63, 3.8) is 0 Å². The maximum atomic E-state index is 12.5. The Morgan fingerprint density at radius 1 is 1.08 bits per heavy atom. The number of fused-ring (bicyclic) bond motifs is 1. The number of nitrogens with zero attached hydrogens (tertiary/aromatic N) is 5. The standard InChI is InChI=1S/C19H18N6O/c26-19-16-3-4-18(23-11-14-2-1-6-20-10-14)24-17(16)13-25(19)9-5-15-12-21-7-8-22-15/h1-4,6-8,10,12H,5,9,11,13H2,(H,23,24). The molecule has 26 heavy (non-hydrogen) atoms. The second-order valence-corrected chi connectivity index (χ2v) is 6.08. The predicted octanol–water partition coefficient (Wildman–Crippen LogP) is 2.08. The molecular weight excluding hydrogens is 328 g/mol. The average molecular weight is 346 g/mol. The van der Waals surface area contributed by atoms with E-state index < -0.39 is 0 Å². The van der Waals surface area contributed by atoms with Crippen molar-refractivity contribution < 1.29 is 4.79 Å². The number of hydrogen-bond acceptors (Lipinski definition) is 6. The van der Waals surface area contributed by atoms with Crippen LogP contribution in [0.3, 0.4) is 0 Å². The Bertz CT molecular complexity index is 900. The fourth-order valence-electron chi connectivity index (χ4n) is 2.92. The van der Waals surface area contributed by atoms with Crippen molar-refractivity contribution in [1.82, 2.24) is 24.8 Å². The van der Waals surface area contributed by atoms with Crippen molar-refractivity contribution in [3.05, 3.63) is 77.8 Å². The Labute approximate surface area is 151 Å². The minimum atomic E-state index is 0.0233. The van der Waals surface area contributed by atoms with Crippen LogP contribution in [-0.2, 0) is 19.5 Å². The highest BCUT2D eigenvalue weighted by Gasteiger charge is 2.28. The number of anilines is 1. The van der Waals surface area contributed by atoms with Gasteiger partial charge in [0.25, 0.3) is 5.91 Å². The molecule has 0 unspecified atom stereocenters. The third-order valence-corrected chi connectivity index (χ3v) is 4.28. The van der Waals surface area contributed by atoms with Gasteiger partial charge >= 0.3 is 0 Å². The third kappa shape index (κ3) is 3.51. The van der Waals surface area contributed by atoms with Crippen LogP contribution in [0.4, 0.5) is 5.82 Å². The Hall–Kier alpha value is -3.35. The van der Waals surface area contributed by atoms with Gasteiger partial charge in [-0.2, -0.15) is 0 Å². The first-order valence-electron chi connectivity index (χ1n) is 8.46. The van der Waals surface area contributed by atoms with Crippen molar-refractivity contribution in [1.29, 1.82) is 0 Å².